The van der Waals surface area contributed by atoms with Crippen LogP contribution in [0.25, 0.3) is 6.08 Å². The predicted molar refractivity (Wildman–Crippen MR) is 104 cm³/mol. The second-order valence-corrected chi connectivity index (χ2v) is 6.75. The molecule has 6 nitrogen and oxygen atoms in total. The molecule has 28 heavy (non-hydrogen) atoms. The fraction of sp³-hybridized carbons (Fsp3) is 0.318. The van der Waals surface area contributed by atoms with Gasteiger partial charge in [0.25, 0.3) is 0 Å². The molecule has 3 rings (SSSR count). The van der Waals surface area contributed by atoms with Crippen LogP contribution in [0.3, 0.4) is 0 Å². The van der Waals surface area contributed by atoms with E-state index in [1.165, 1.54) is 6.92 Å². The highest BCUT2D eigenvalue weighted by Gasteiger charge is 2.41. The molecule has 0 spiro atoms. The van der Waals surface area contributed by atoms with Crippen molar-refractivity contribution in [2.24, 2.45) is 4.99 Å². The molecule has 2 aromatic carbocycles. The Morgan fingerprint density at radius 1 is 1.07 bits per heavy atom. The molecule has 0 amide bonds. The average Bonchev–Trinajstić information content (AvgIpc) is 3.01. The van der Waals surface area contributed by atoms with Gasteiger partial charge in [-0.15, -0.1) is 0 Å². The number of rotatable bonds is 6. The fourth-order valence-electron chi connectivity index (χ4n) is 3.10. The van der Waals surface area contributed by atoms with Crippen molar-refractivity contribution < 1.29 is 23.8 Å². The molecular formula is C22H23NO5. The van der Waals surface area contributed by atoms with Crippen LogP contribution >= 0.6 is 0 Å². The molecule has 0 saturated carbocycles. The van der Waals surface area contributed by atoms with Crippen molar-refractivity contribution in [2.75, 3.05) is 6.61 Å². The molecule has 0 bridgehead atoms. The van der Waals surface area contributed by atoms with Gasteiger partial charge in [0.15, 0.2) is 0 Å². The molecule has 2 aromatic rings. The van der Waals surface area contributed by atoms with Gasteiger partial charge in [0.05, 0.1) is 18.1 Å². The van der Waals surface area contributed by atoms with Gasteiger partial charge in [-0.05, 0) is 62.7 Å². The lowest BCUT2D eigenvalue weighted by Gasteiger charge is -2.23. The zero-order valence-electron chi connectivity index (χ0n) is 16.4. The third-order valence-electron chi connectivity index (χ3n) is 4.17. The molecule has 1 unspecified atom stereocenters. The van der Waals surface area contributed by atoms with Crippen molar-refractivity contribution in [3.8, 4) is 11.5 Å². The summed E-state index contributed by atoms with van der Waals surface area (Å²) in [5.74, 6) is 0.244. The summed E-state index contributed by atoms with van der Waals surface area (Å²) in [6.45, 7) is 7.24. The Kier molecular flexibility index (Phi) is 5.49. The molecule has 0 radical (unpaired) electrons. The molecule has 0 fully saturated rings. The van der Waals surface area contributed by atoms with Gasteiger partial charge >= 0.3 is 11.9 Å². The van der Waals surface area contributed by atoms with Crippen LogP contribution in [0.4, 0.5) is 0 Å². The first kappa shape index (κ1) is 19.6. The normalized spacial score (nSPS) is 17.3. The minimum absolute atomic E-state index is 0.0524. The number of hydrogen-bond acceptors (Lipinski definition) is 6. The maximum atomic E-state index is 12.9. The number of fused-ring (bicyclic) bond motifs is 1. The van der Waals surface area contributed by atoms with E-state index < -0.39 is 17.5 Å². The first-order chi connectivity index (χ1) is 13.3. The molecule has 0 aromatic heterocycles. The SMILES string of the molecule is CCOC(=O)C1(c2ccc(OC(C)C)cc2)C=c2cc(OC(C)=O)ccc2=N1. The molecule has 1 aliphatic rings. The van der Waals surface area contributed by atoms with E-state index in [0.717, 1.165) is 0 Å². The quantitative estimate of drug-likeness (QED) is 0.567. The van der Waals surface area contributed by atoms with E-state index in [2.05, 4.69) is 4.99 Å². The fourth-order valence-corrected chi connectivity index (χ4v) is 3.10. The first-order valence-corrected chi connectivity index (χ1v) is 9.19. The lowest BCUT2D eigenvalue weighted by atomic mass is 9.90. The largest absolute Gasteiger partial charge is 0.491 e. The maximum Gasteiger partial charge on any atom is 0.342 e. The lowest BCUT2D eigenvalue weighted by Crippen LogP contribution is -2.33. The summed E-state index contributed by atoms with van der Waals surface area (Å²) < 4.78 is 16.1. The summed E-state index contributed by atoms with van der Waals surface area (Å²) in [5.41, 5.74) is -0.615. The second-order valence-electron chi connectivity index (χ2n) is 6.75. The molecule has 0 saturated heterocycles. The van der Waals surface area contributed by atoms with Gasteiger partial charge in [-0.3, -0.25) is 9.79 Å². The Morgan fingerprint density at radius 3 is 2.36 bits per heavy atom. The van der Waals surface area contributed by atoms with Gasteiger partial charge in [0, 0.05) is 12.1 Å². The van der Waals surface area contributed by atoms with Crippen molar-refractivity contribution in [1.82, 2.24) is 0 Å². The van der Waals surface area contributed by atoms with Crippen LogP contribution in [0.15, 0.2) is 47.5 Å². The van der Waals surface area contributed by atoms with E-state index in [0.29, 0.717) is 27.6 Å². The van der Waals surface area contributed by atoms with Crippen LogP contribution in [0.2, 0.25) is 0 Å². The van der Waals surface area contributed by atoms with Gasteiger partial charge in [-0.2, -0.15) is 0 Å². The van der Waals surface area contributed by atoms with Crippen LogP contribution in [0.1, 0.15) is 33.3 Å². The third-order valence-corrected chi connectivity index (χ3v) is 4.17. The van der Waals surface area contributed by atoms with Crippen molar-refractivity contribution in [3.63, 3.8) is 0 Å². The van der Waals surface area contributed by atoms with Gasteiger partial charge in [-0.25, -0.2) is 4.79 Å². The number of nitrogens with zero attached hydrogens (tertiary/aromatic N) is 1. The number of carbonyl (C=O) groups excluding carboxylic acids is 2. The molecule has 1 atom stereocenters. The molecular weight excluding hydrogens is 358 g/mol. The number of esters is 2. The van der Waals surface area contributed by atoms with Gasteiger partial charge < -0.3 is 14.2 Å². The van der Waals surface area contributed by atoms with Crippen molar-refractivity contribution in [3.05, 3.63) is 58.6 Å². The van der Waals surface area contributed by atoms with E-state index >= 15 is 0 Å². The molecule has 6 heteroatoms. The predicted octanol–water partition coefficient (Wildman–Crippen LogP) is 2.27. The number of benzene rings is 2. The van der Waals surface area contributed by atoms with Crippen LogP contribution in [0.5, 0.6) is 11.5 Å². The summed E-state index contributed by atoms with van der Waals surface area (Å²) in [7, 11) is 0. The van der Waals surface area contributed by atoms with Gasteiger partial charge in [-0.1, -0.05) is 12.1 Å². The average molecular weight is 381 g/mol. The standard InChI is InChI=1S/C22H23NO5/c1-5-26-21(25)22(17-6-8-18(9-7-17)27-14(2)3)13-16-12-19(28-15(4)24)10-11-20(16)23-22/h6-14H,5H2,1-4H3. The number of carbonyl (C=O) groups is 2. The summed E-state index contributed by atoms with van der Waals surface area (Å²) >= 11 is 0. The molecule has 146 valence electrons. The minimum Gasteiger partial charge on any atom is -0.491 e. The van der Waals surface area contributed by atoms with Crippen molar-refractivity contribution in [1.29, 1.82) is 0 Å². The molecule has 0 aliphatic carbocycles. The zero-order chi connectivity index (χ0) is 20.3. The highest BCUT2D eigenvalue weighted by atomic mass is 16.5. The van der Waals surface area contributed by atoms with E-state index in [4.69, 9.17) is 14.2 Å². The third kappa shape index (κ3) is 3.91. The maximum absolute atomic E-state index is 12.9. The minimum atomic E-state index is -1.29. The summed E-state index contributed by atoms with van der Waals surface area (Å²) in [5, 5.41) is 1.33. The smallest absolute Gasteiger partial charge is 0.342 e. The Labute approximate surface area is 163 Å². The Bertz CT molecular complexity index is 1010. The van der Waals surface area contributed by atoms with Crippen LogP contribution in [-0.2, 0) is 19.9 Å². The highest BCUT2D eigenvalue weighted by molar-refractivity contribution is 5.91. The van der Waals surface area contributed by atoms with E-state index in [-0.39, 0.29) is 12.7 Å². The summed E-state index contributed by atoms with van der Waals surface area (Å²) in [6.07, 6.45) is 1.79. The number of hydrogen-bond donors (Lipinski definition) is 0. The summed E-state index contributed by atoms with van der Waals surface area (Å²) in [6, 6.07) is 12.3. The molecule has 1 aliphatic heterocycles. The van der Waals surface area contributed by atoms with Crippen LogP contribution in [0, 0.1) is 0 Å². The zero-order valence-corrected chi connectivity index (χ0v) is 16.4. The topological polar surface area (TPSA) is 74.2 Å². The Morgan fingerprint density at radius 2 is 1.75 bits per heavy atom. The lowest BCUT2D eigenvalue weighted by molar-refractivity contribution is -0.147. The van der Waals surface area contributed by atoms with E-state index in [9.17, 15) is 9.59 Å². The number of ether oxygens (including phenoxy) is 3. The Balaban J connectivity index is 2.08. The van der Waals surface area contributed by atoms with Gasteiger partial charge in [0.2, 0.25) is 5.54 Å². The molecule has 1 heterocycles. The van der Waals surface area contributed by atoms with E-state index in [1.54, 1.807) is 31.2 Å². The van der Waals surface area contributed by atoms with Crippen molar-refractivity contribution >= 4 is 18.0 Å². The van der Waals surface area contributed by atoms with Gasteiger partial charge in [0.1, 0.15) is 11.5 Å². The Hall–Kier alpha value is -3.15. The molecule has 0 N–H and O–H groups in total. The van der Waals surface area contributed by atoms with Crippen LogP contribution < -0.4 is 20.0 Å². The van der Waals surface area contributed by atoms with Crippen molar-refractivity contribution in [2.45, 2.75) is 39.3 Å². The van der Waals surface area contributed by atoms with E-state index in [1.807, 2.05) is 38.1 Å². The monoisotopic (exact) mass is 381 g/mol. The van der Waals surface area contributed by atoms with Crippen LogP contribution in [-0.4, -0.2) is 24.6 Å². The highest BCUT2D eigenvalue weighted by Crippen LogP contribution is 2.32. The summed E-state index contributed by atoms with van der Waals surface area (Å²) in [4.78, 5) is 28.8. The first-order valence-electron chi connectivity index (χ1n) is 9.19. The second kappa shape index (κ2) is 7.84.